The van der Waals surface area contributed by atoms with E-state index in [2.05, 4.69) is 15.1 Å². The zero-order valence-electron chi connectivity index (χ0n) is 14.3. The number of rotatable bonds is 6. The van der Waals surface area contributed by atoms with Crippen LogP contribution in [0, 0.1) is 0 Å². The third-order valence-electron chi connectivity index (χ3n) is 3.88. The summed E-state index contributed by atoms with van der Waals surface area (Å²) in [5.41, 5.74) is 1.89. The summed E-state index contributed by atoms with van der Waals surface area (Å²) in [5, 5.41) is 3.90. The van der Waals surface area contributed by atoms with Crippen LogP contribution in [0.2, 0.25) is 0 Å². The van der Waals surface area contributed by atoms with E-state index in [0.717, 1.165) is 0 Å². The summed E-state index contributed by atoms with van der Waals surface area (Å²) < 4.78 is 10.8. The lowest BCUT2D eigenvalue weighted by atomic mass is 10.0. The van der Waals surface area contributed by atoms with Gasteiger partial charge in [-0.05, 0) is 36.4 Å². The third-order valence-corrected chi connectivity index (χ3v) is 3.88. The fourth-order valence-corrected chi connectivity index (χ4v) is 2.52. The molecule has 4 rings (SSSR count). The van der Waals surface area contributed by atoms with E-state index in [0.29, 0.717) is 34.3 Å². The quantitative estimate of drug-likeness (QED) is 0.486. The van der Waals surface area contributed by atoms with Crippen molar-refractivity contribution in [1.29, 1.82) is 0 Å². The monoisotopic (exact) mass is 357 g/mol. The second-order valence-electron chi connectivity index (χ2n) is 5.73. The van der Waals surface area contributed by atoms with Crippen LogP contribution in [0.5, 0.6) is 5.75 Å². The van der Waals surface area contributed by atoms with Crippen LogP contribution in [0.15, 0.2) is 83.5 Å². The van der Waals surface area contributed by atoms with E-state index >= 15 is 0 Å². The van der Waals surface area contributed by atoms with Crippen LogP contribution in [0.3, 0.4) is 0 Å². The average molecular weight is 357 g/mol. The van der Waals surface area contributed by atoms with Crippen molar-refractivity contribution >= 4 is 5.78 Å². The van der Waals surface area contributed by atoms with E-state index in [1.807, 2.05) is 30.3 Å². The number of hydrogen-bond acceptors (Lipinski definition) is 6. The first-order valence-electron chi connectivity index (χ1n) is 8.36. The lowest BCUT2D eigenvalue weighted by Crippen LogP contribution is -2.01. The van der Waals surface area contributed by atoms with Crippen LogP contribution < -0.4 is 4.74 Å². The minimum atomic E-state index is -0.0287. The number of nitrogens with zero attached hydrogens (tertiary/aromatic N) is 3. The van der Waals surface area contributed by atoms with Crippen molar-refractivity contribution in [2.75, 3.05) is 0 Å². The van der Waals surface area contributed by atoms with E-state index in [4.69, 9.17) is 9.26 Å². The van der Waals surface area contributed by atoms with Gasteiger partial charge in [-0.25, -0.2) is 0 Å². The normalized spacial score (nSPS) is 10.5. The van der Waals surface area contributed by atoms with Gasteiger partial charge in [0, 0.05) is 17.3 Å². The summed E-state index contributed by atoms with van der Waals surface area (Å²) in [6.07, 6.45) is 1.67. The number of hydrogen-bond donors (Lipinski definition) is 0. The van der Waals surface area contributed by atoms with Gasteiger partial charge in [-0.1, -0.05) is 41.6 Å². The Hall–Kier alpha value is -3.80. The fraction of sp³-hybridized carbons (Fsp3) is 0.0476. The topological polar surface area (TPSA) is 78.1 Å². The van der Waals surface area contributed by atoms with Gasteiger partial charge in [0.15, 0.2) is 12.4 Å². The van der Waals surface area contributed by atoms with Crippen LogP contribution in [-0.4, -0.2) is 20.9 Å². The third kappa shape index (κ3) is 3.90. The second-order valence-corrected chi connectivity index (χ2v) is 5.73. The van der Waals surface area contributed by atoms with Crippen LogP contribution in [-0.2, 0) is 6.61 Å². The number of ether oxygens (including phenoxy) is 1. The summed E-state index contributed by atoms with van der Waals surface area (Å²) in [5.74, 6) is 1.34. The Bertz CT molecular complexity index is 1030. The molecule has 132 valence electrons. The molecule has 4 aromatic rings. The van der Waals surface area contributed by atoms with E-state index in [1.165, 1.54) is 0 Å². The van der Waals surface area contributed by atoms with Crippen molar-refractivity contribution in [3.8, 4) is 17.3 Å². The fourth-order valence-electron chi connectivity index (χ4n) is 2.52. The van der Waals surface area contributed by atoms with Crippen LogP contribution in [0.1, 0.15) is 21.8 Å². The summed E-state index contributed by atoms with van der Waals surface area (Å²) in [4.78, 5) is 20.8. The lowest BCUT2D eigenvalue weighted by Gasteiger charge is -2.05. The van der Waals surface area contributed by atoms with Gasteiger partial charge in [-0.3, -0.25) is 9.78 Å². The standard InChI is InChI=1S/C21H15N3O3/c25-20(15-6-2-1-3-7-15)16-9-11-17(12-10-16)26-14-19-23-21(24-27-19)18-8-4-5-13-22-18/h1-13H,14H2. The minimum absolute atomic E-state index is 0.0287. The van der Waals surface area contributed by atoms with Crippen LogP contribution in [0.25, 0.3) is 11.5 Å². The number of pyridine rings is 1. The van der Waals surface area contributed by atoms with Crippen molar-refractivity contribution in [2.24, 2.45) is 0 Å². The highest BCUT2D eigenvalue weighted by Crippen LogP contribution is 2.17. The molecule has 0 bridgehead atoms. The van der Waals surface area contributed by atoms with Gasteiger partial charge < -0.3 is 9.26 Å². The molecule has 0 spiro atoms. The Morgan fingerprint density at radius 3 is 2.37 bits per heavy atom. The SMILES string of the molecule is O=C(c1ccccc1)c1ccc(OCc2nc(-c3ccccn3)no2)cc1. The molecule has 2 aromatic heterocycles. The molecule has 2 aromatic carbocycles. The van der Waals surface area contributed by atoms with Gasteiger partial charge in [-0.2, -0.15) is 4.98 Å². The molecular formula is C21H15N3O3. The molecule has 0 aliphatic rings. The number of aromatic nitrogens is 3. The molecule has 0 saturated heterocycles. The Morgan fingerprint density at radius 1 is 0.889 bits per heavy atom. The Balaban J connectivity index is 1.39. The first-order chi connectivity index (χ1) is 13.3. The van der Waals surface area contributed by atoms with Gasteiger partial charge in [0.25, 0.3) is 5.89 Å². The van der Waals surface area contributed by atoms with Crippen molar-refractivity contribution in [3.05, 3.63) is 96.0 Å². The number of carbonyl (C=O) groups excluding carboxylic acids is 1. The molecule has 6 heteroatoms. The number of carbonyl (C=O) groups is 1. The molecule has 0 amide bonds. The average Bonchev–Trinajstić information content (AvgIpc) is 3.22. The second kappa shape index (κ2) is 7.61. The number of benzene rings is 2. The summed E-state index contributed by atoms with van der Waals surface area (Å²) in [6, 6.07) is 21.6. The Kier molecular flexibility index (Phi) is 4.70. The molecule has 0 N–H and O–H groups in total. The maximum atomic E-state index is 12.4. The van der Waals surface area contributed by atoms with Crippen molar-refractivity contribution in [2.45, 2.75) is 6.61 Å². The predicted molar refractivity (Wildman–Crippen MR) is 98.2 cm³/mol. The minimum Gasteiger partial charge on any atom is -0.484 e. The van der Waals surface area contributed by atoms with Crippen LogP contribution in [0.4, 0.5) is 0 Å². The molecule has 0 atom stereocenters. The molecule has 0 saturated carbocycles. The highest BCUT2D eigenvalue weighted by Gasteiger charge is 2.11. The maximum absolute atomic E-state index is 12.4. The lowest BCUT2D eigenvalue weighted by molar-refractivity contribution is 0.103. The number of ketones is 1. The van der Waals surface area contributed by atoms with Crippen molar-refractivity contribution < 1.29 is 14.1 Å². The van der Waals surface area contributed by atoms with E-state index < -0.39 is 0 Å². The molecule has 0 aliphatic heterocycles. The first-order valence-corrected chi connectivity index (χ1v) is 8.36. The smallest absolute Gasteiger partial charge is 0.264 e. The predicted octanol–water partition coefficient (Wildman–Crippen LogP) is 3.94. The molecule has 0 fully saturated rings. The molecule has 0 aliphatic carbocycles. The summed E-state index contributed by atoms with van der Waals surface area (Å²) in [6.45, 7) is 0.131. The summed E-state index contributed by atoms with van der Waals surface area (Å²) in [7, 11) is 0. The summed E-state index contributed by atoms with van der Waals surface area (Å²) >= 11 is 0. The molecule has 6 nitrogen and oxygen atoms in total. The largest absolute Gasteiger partial charge is 0.484 e. The Labute approximate surface area is 155 Å². The zero-order chi connectivity index (χ0) is 18.5. The van der Waals surface area contributed by atoms with Crippen molar-refractivity contribution in [3.63, 3.8) is 0 Å². The molecule has 2 heterocycles. The van der Waals surface area contributed by atoms with Crippen molar-refractivity contribution in [1.82, 2.24) is 15.1 Å². The zero-order valence-corrected chi connectivity index (χ0v) is 14.3. The van der Waals surface area contributed by atoms with Gasteiger partial charge in [0.2, 0.25) is 5.82 Å². The highest BCUT2D eigenvalue weighted by atomic mass is 16.5. The van der Waals surface area contributed by atoms with E-state index in [9.17, 15) is 4.79 Å². The van der Waals surface area contributed by atoms with Gasteiger partial charge in [0.1, 0.15) is 11.4 Å². The molecule has 0 radical (unpaired) electrons. The van der Waals surface area contributed by atoms with Crippen LogP contribution >= 0.6 is 0 Å². The van der Waals surface area contributed by atoms with E-state index in [-0.39, 0.29) is 12.4 Å². The molecule has 0 unspecified atom stereocenters. The molecular weight excluding hydrogens is 342 g/mol. The van der Waals surface area contributed by atoms with Gasteiger partial charge in [-0.15, -0.1) is 0 Å². The van der Waals surface area contributed by atoms with E-state index in [1.54, 1.807) is 48.7 Å². The molecule has 27 heavy (non-hydrogen) atoms. The highest BCUT2D eigenvalue weighted by molar-refractivity contribution is 6.08. The Morgan fingerprint density at radius 2 is 1.63 bits per heavy atom. The maximum Gasteiger partial charge on any atom is 0.264 e. The van der Waals surface area contributed by atoms with Gasteiger partial charge in [0.05, 0.1) is 0 Å². The van der Waals surface area contributed by atoms with Gasteiger partial charge >= 0.3 is 0 Å². The first kappa shape index (κ1) is 16.7.